The molecule has 82 valence electrons. The molecule has 0 aliphatic rings. The number of methoxy groups -OCH3 is 1. The fourth-order valence-electron chi connectivity index (χ4n) is 1.39. The molecule has 1 rings (SSSR count). The van der Waals surface area contributed by atoms with Gasteiger partial charge in [-0.3, -0.25) is 4.79 Å². The van der Waals surface area contributed by atoms with Gasteiger partial charge >= 0.3 is 5.97 Å². The van der Waals surface area contributed by atoms with Crippen molar-refractivity contribution in [1.82, 2.24) is 0 Å². The minimum absolute atomic E-state index is 0.448. The van der Waals surface area contributed by atoms with Gasteiger partial charge in [-0.1, -0.05) is 28.1 Å². The maximum absolute atomic E-state index is 11.0. The van der Waals surface area contributed by atoms with E-state index in [-0.39, 0.29) is 0 Å². The summed E-state index contributed by atoms with van der Waals surface area (Å²) in [6.07, 6.45) is 0.488. The van der Waals surface area contributed by atoms with Crippen LogP contribution in [0.15, 0.2) is 28.7 Å². The molecule has 15 heavy (non-hydrogen) atoms. The van der Waals surface area contributed by atoms with Gasteiger partial charge in [0.25, 0.3) is 0 Å². The maximum atomic E-state index is 11.0. The van der Waals surface area contributed by atoms with Gasteiger partial charge < -0.3 is 9.84 Å². The van der Waals surface area contributed by atoms with Crippen LogP contribution in [0.4, 0.5) is 0 Å². The molecule has 0 saturated heterocycles. The predicted molar refractivity (Wildman–Crippen MR) is 61.0 cm³/mol. The monoisotopic (exact) mass is 272 g/mol. The third-order valence-electron chi connectivity index (χ3n) is 2.16. The number of aliphatic carboxylic acids is 1. The summed E-state index contributed by atoms with van der Waals surface area (Å²) in [5, 5.41) is 9.07. The van der Waals surface area contributed by atoms with Crippen molar-refractivity contribution in [2.45, 2.75) is 12.3 Å². The first kappa shape index (κ1) is 12.2. The average Bonchev–Trinajstić information content (AvgIpc) is 2.18. The average molecular weight is 273 g/mol. The topological polar surface area (TPSA) is 46.5 Å². The van der Waals surface area contributed by atoms with E-state index in [9.17, 15) is 4.79 Å². The molecule has 4 heteroatoms. The van der Waals surface area contributed by atoms with Crippen molar-refractivity contribution in [3.05, 3.63) is 34.3 Å². The molecule has 0 fully saturated rings. The second kappa shape index (κ2) is 5.88. The fraction of sp³-hybridized carbons (Fsp3) is 0.364. The number of ether oxygens (including phenoxy) is 1. The van der Waals surface area contributed by atoms with Crippen LogP contribution in [0.1, 0.15) is 17.9 Å². The van der Waals surface area contributed by atoms with Crippen LogP contribution in [0, 0.1) is 0 Å². The van der Waals surface area contributed by atoms with Crippen LogP contribution in [0.3, 0.4) is 0 Å². The predicted octanol–water partition coefficient (Wildman–Crippen LogP) is 2.65. The summed E-state index contributed by atoms with van der Waals surface area (Å²) >= 11 is 3.32. The molecule has 0 amide bonds. The Hall–Kier alpha value is -0.870. The van der Waals surface area contributed by atoms with E-state index in [4.69, 9.17) is 9.84 Å². The van der Waals surface area contributed by atoms with Gasteiger partial charge in [0.05, 0.1) is 5.92 Å². The SMILES string of the molecule is COCCC(C(=O)O)c1cccc(Br)c1. The zero-order valence-electron chi connectivity index (χ0n) is 8.44. The van der Waals surface area contributed by atoms with E-state index in [2.05, 4.69) is 15.9 Å². The lowest BCUT2D eigenvalue weighted by Crippen LogP contribution is -2.13. The summed E-state index contributed by atoms with van der Waals surface area (Å²) < 4.78 is 5.79. The van der Waals surface area contributed by atoms with E-state index in [0.29, 0.717) is 13.0 Å². The Morgan fingerprint density at radius 3 is 2.87 bits per heavy atom. The molecule has 0 aliphatic heterocycles. The number of benzene rings is 1. The Labute approximate surface area is 97.2 Å². The molecule has 0 aliphatic carbocycles. The third kappa shape index (κ3) is 3.64. The van der Waals surface area contributed by atoms with Crippen LogP contribution in [0.2, 0.25) is 0 Å². The van der Waals surface area contributed by atoms with E-state index >= 15 is 0 Å². The Kier molecular flexibility index (Phi) is 4.78. The largest absolute Gasteiger partial charge is 0.481 e. The number of carbonyl (C=O) groups is 1. The zero-order chi connectivity index (χ0) is 11.3. The molecule has 1 atom stereocenters. The molecule has 0 bridgehead atoms. The summed E-state index contributed by atoms with van der Waals surface area (Å²) in [4.78, 5) is 11.0. The summed E-state index contributed by atoms with van der Waals surface area (Å²) in [6.45, 7) is 0.448. The van der Waals surface area contributed by atoms with E-state index in [0.717, 1.165) is 10.0 Å². The summed E-state index contributed by atoms with van der Waals surface area (Å²) in [7, 11) is 1.57. The molecule has 3 nitrogen and oxygen atoms in total. The Morgan fingerprint density at radius 1 is 1.60 bits per heavy atom. The molecular weight excluding hydrogens is 260 g/mol. The maximum Gasteiger partial charge on any atom is 0.311 e. The minimum Gasteiger partial charge on any atom is -0.481 e. The van der Waals surface area contributed by atoms with Crippen molar-refractivity contribution in [2.24, 2.45) is 0 Å². The van der Waals surface area contributed by atoms with E-state index in [1.54, 1.807) is 7.11 Å². The number of halogens is 1. The highest BCUT2D eigenvalue weighted by atomic mass is 79.9. The smallest absolute Gasteiger partial charge is 0.311 e. The molecule has 0 aromatic heterocycles. The Morgan fingerprint density at radius 2 is 2.33 bits per heavy atom. The first-order valence-corrected chi connectivity index (χ1v) is 5.41. The Bertz CT molecular complexity index is 338. The fourth-order valence-corrected chi connectivity index (χ4v) is 1.81. The number of rotatable bonds is 5. The van der Waals surface area contributed by atoms with Crippen LogP contribution in [-0.4, -0.2) is 24.8 Å². The highest BCUT2D eigenvalue weighted by Crippen LogP contribution is 2.23. The zero-order valence-corrected chi connectivity index (χ0v) is 10.0. The van der Waals surface area contributed by atoms with Gasteiger partial charge in [-0.05, 0) is 24.1 Å². The molecular formula is C11H13BrO3. The van der Waals surface area contributed by atoms with Gasteiger partial charge in [-0.25, -0.2) is 0 Å². The molecule has 1 aromatic carbocycles. The lowest BCUT2D eigenvalue weighted by Gasteiger charge is -2.12. The minimum atomic E-state index is -0.815. The molecule has 0 spiro atoms. The number of carboxylic acid groups (broad SMARTS) is 1. The lowest BCUT2D eigenvalue weighted by atomic mass is 9.96. The lowest BCUT2D eigenvalue weighted by molar-refractivity contribution is -0.139. The van der Waals surface area contributed by atoms with Crippen molar-refractivity contribution in [3.8, 4) is 0 Å². The first-order valence-electron chi connectivity index (χ1n) is 4.62. The van der Waals surface area contributed by atoms with E-state index < -0.39 is 11.9 Å². The number of hydrogen-bond donors (Lipinski definition) is 1. The summed E-state index contributed by atoms with van der Waals surface area (Å²) in [5.74, 6) is -1.31. The van der Waals surface area contributed by atoms with Gasteiger partial charge in [0.15, 0.2) is 0 Å². The molecule has 0 saturated carbocycles. The summed E-state index contributed by atoms with van der Waals surface area (Å²) in [5.41, 5.74) is 0.800. The van der Waals surface area contributed by atoms with Gasteiger partial charge in [-0.2, -0.15) is 0 Å². The quantitative estimate of drug-likeness (QED) is 0.897. The van der Waals surface area contributed by atoms with Crippen LogP contribution in [-0.2, 0) is 9.53 Å². The molecule has 1 aromatic rings. The highest BCUT2D eigenvalue weighted by molar-refractivity contribution is 9.10. The van der Waals surface area contributed by atoms with Crippen molar-refractivity contribution in [2.75, 3.05) is 13.7 Å². The first-order chi connectivity index (χ1) is 7.15. The third-order valence-corrected chi connectivity index (χ3v) is 2.65. The van der Waals surface area contributed by atoms with Gasteiger partial charge in [-0.15, -0.1) is 0 Å². The van der Waals surface area contributed by atoms with E-state index in [1.165, 1.54) is 0 Å². The van der Waals surface area contributed by atoms with Crippen LogP contribution >= 0.6 is 15.9 Å². The van der Waals surface area contributed by atoms with Crippen molar-refractivity contribution in [3.63, 3.8) is 0 Å². The van der Waals surface area contributed by atoms with Crippen LogP contribution < -0.4 is 0 Å². The molecule has 0 radical (unpaired) electrons. The van der Waals surface area contributed by atoms with Crippen molar-refractivity contribution < 1.29 is 14.6 Å². The highest BCUT2D eigenvalue weighted by Gasteiger charge is 2.19. The standard InChI is InChI=1S/C11H13BrO3/c1-15-6-5-10(11(13)14)8-3-2-4-9(12)7-8/h2-4,7,10H,5-6H2,1H3,(H,13,14). The molecule has 1 N–H and O–H groups in total. The van der Waals surface area contributed by atoms with Gasteiger partial charge in [0.2, 0.25) is 0 Å². The van der Waals surface area contributed by atoms with Crippen LogP contribution in [0.5, 0.6) is 0 Å². The summed E-state index contributed by atoms with van der Waals surface area (Å²) in [6, 6.07) is 7.36. The Balaban J connectivity index is 2.84. The van der Waals surface area contributed by atoms with Crippen LogP contribution in [0.25, 0.3) is 0 Å². The van der Waals surface area contributed by atoms with Gasteiger partial charge in [0, 0.05) is 18.2 Å². The van der Waals surface area contributed by atoms with Crippen molar-refractivity contribution >= 4 is 21.9 Å². The van der Waals surface area contributed by atoms with Gasteiger partial charge in [0.1, 0.15) is 0 Å². The second-order valence-electron chi connectivity index (χ2n) is 3.23. The normalized spacial score (nSPS) is 12.4. The second-order valence-corrected chi connectivity index (χ2v) is 4.14. The van der Waals surface area contributed by atoms with E-state index in [1.807, 2.05) is 24.3 Å². The number of hydrogen-bond acceptors (Lipinski definition) is 2. The molecule has 1 unspecified atom stereocenters. The number of carboxylic acids is 1. The van der Waals surface area contributed by atoms with Crippen molar-refractivity contribution in [1.29, 1.82) is 0 Å². The molecule has 0 heterocycles.